The summed E-state index contributed by atoms with van der Waals surface area (Å²) in [6.07, 6.45) is 4.90. The molecular weight excluding hydrogens is 308 g/mol. The van der Waals surface area contributed by atoms with Gasteiger partial charge in [-0.15, -0.1) is 0 Å². The fraction of sp³-hybridized carbons (Fsp3) is 0.421. The lowest BCUT2D eigenvalue weighted by Gasteiger charge is -2.27. The van der Waals surface area contributed by atoms with E-state index < -0.39 is 30.1 Å². The van der Waals surface area contributed by atoms with Crippen LogP contribution in [0.15, 0.2) is 47.6 Å². The van der Waals surface area contributed by atoms with E-state index in [1.165, 1.54) is 0 Å². The van der Waals surface area contributed by atoms with E-state index in [-0.39, 0.29) is 17.6 Å². The molecule has 1 heterocycles. The highest BCUT2D eigenvalue weighted by atomic mass is 16.6. The molecule has 0 radical (unpaired) electrons. The van der Waals surface area contributed by atoms with Crippen LogP contribution in [-0.4, -0.2) is 30.4 Å². The first-order valence-corrected chi connectivity index (χ1v) is 7.91. The van der Waals surface area contributed by atoms with E-state index in [0.717, 1.165) is 18.3 Å². The summed E-state index contributed by atoms with van der Waals surface area (Å²) in [5.41, 5.74) is 2.09. The number of allylic oxidation sites excluding steroid dienone is 2. The normalized spacial score (nSPS) is 31.7. The summed E-state index contributed by atoms with van der Waals surface area (Å²) in [6, 6.07) is 0. The zero-order valence-corrected chi connectivity index (χ0v) is 14.0. The lowest BCUT2D eigenvalue weighted by Crippen LogP contribution is -2.33. The fourth-order valence-electron chi connectivity index (χ4n) is 2.92. The number of hydrogen-bond donors (Lipinski definition) is 0. The van der Waals surface area contributed by atoms with Gasteiger partial charge >= 0.3 is 11.9 Å². The Kier molecular flexibility index (Phi) is 5.54. The van der Waals surface area contributed by atoms with Crippen molar-refractivity contribution in [1.29, 1.82) is 0 Å². The van der Waals surface area contributed by atoms with E-state index in [9.17, 15) is 14.4 Å². The van der Waals surface area contributed by atoms with Crippen LogP contribution in [0.5, 0.6) is 0 Å². The van der Waals surface area contributed by atoms with Gasteiger partial charge in [0.2, 0.25) is 0 Å². The minimum Gasteiger partial charge on any atom is -0.458 e. The second-order valence-corrected chi connectivity index (χ2v) is 6.30. The van der Waals surface area contributed by atoms with Gasteiger partial charge in [0.15, 0.2) is 0 Å². The molecule has 5 heteroatoms. The number of ether oxygens (including phenoxy) is 2. The Morgan fingerprint density at radius 2 is 2.17 bits per heavy atom. The molecule has 0 aromatic heterocycles. The number of aldehydes is 1. The van der Waals surface area contributed by atoms with Crippen molar-refractivity contribution < 1.29 is 23.9 Å². The third-order valence-corrected chi connectivity index (χ3v) is 4.25. The van der Waals surface area contributed by atoms with Crippen molar-refractivity contribution in [2.45, 2.75) is 45.3 Å². The van der Waals surface area contributed by atoms with Crippen molar-refractivity contribution in [3.8, 4) is 0 Å². The number of carbonyl (C=O) groups is 3. The molecular formula is C19H22O5. The molecule has 1 saturated heterocycles. The molecule has 0 unspecified atom stereocenters. The first-order valence-electron chi connectivity index (χ1n) is 7.91. The summed E-state index contributed by atoms with van der Waals surface area (Å²) in [5, 5.41) is 0. The lowest BCUT2D eigenvalue weighted by atomic mass is 9.85. The van der Waals surface area contributed by atoms with Gasteiger partial charge in [0, 0.05) is 17.6 Å². The number of fused-ring (bicyclic) bond motifs is 1. The third-order valence-electron chi connectivity index (χ3n) is 4.25. The zero-order chi connectivity index (χ0) is 17.9. The largest absolute Gasteiger partial charge is 0.458 e. The summed E-state index contributed by atoms with van der Waals surface area (Å²) in [5.74, 6) is -1.58. The van der Waals surface area contributed by atoms with Crippen LogP contribution >= 0.6 is 0 Å². The van der Waals surface area contributed by atoms with Crippen molar-refractivity contribution in [3.05, 3.63) is 47.6 Å². The van der Waals surface area contributed by atoms with Crippen LogP contribution in [0.25, 0.3) is 0 Å². The van der Waals surface area contributed by atoms with E-state index >= 15 is 0 Å². The molecule has 0 aromatic rings. The quantitative estimate of drug-likeness (QED) is 0.344. The maximum absolute atomic E-state index is 12.0. The van der Waals surface area contributed by atoms with E-state index in [1.807, 2.05) is 19.1 Å². The van der Waals surface area contributed by atoms with Crippen LogP contribution in [0.1, 0.15) is 33.1 Å². The first kappa shape index (κ1) is 17.9. The van der Waals surface area contributed by atoms with Crippen molar-refractivity contribution in [2.75, 3.05) is 0 Å². The van der Waals surface area contributed by atoms with Gasteiger partial charge in [0.25, 0.3) is 0 Å². The van der Waals surface area contributed by atoms with Crippen LogP contribution < -0.4 is 0 Å². The number of esters is 2. The Labute approximate surface area is 141 Å². The van der Waals surface area contributed by atoms with E-state index in [4.69, 9.17) is 9.47 Å². The van der Waals surface area contributed by atoms with Crippen LogP contribution in [0.3, 0.4) is 0 Å². The van der Waals surface area contributed by atoms with E-state index in [0.29, 0.717) is 12.0 Å². The third kappa shape index (κ3) is 3.91. The number of rotatable bonds is 3. The fourth-order valence-corrected chi connectivity index (χ4v) is 2.92. The smallest absolute Gasteiger partial charge is 0.334 e. The predicted octanol–water partition coefficient (Wildman–Crippen LogP) is 2.83. The number of hydrogen-bond acceptors (Lipinski definition) is 5. The highest BCUT2D eigenvalue weighted by molar-refractivity contribution is 5.92. The summed E-state index contributed by atoms with van der Waals surface area (Å²) in [6.45, 7) is 10.9. The standard InChI is InChI=1S/C19H22O5/c1-11(2)18(21)23-16-9-14(10-20)7-5-6-12(3)8-15-17(16)13(4)19(22)24-15/h7-8,10,15-17H,1,4-6,9H2,2-3H3/b12-8+,14-7+/t15-,16+,17+/m1/s1. The average molecular weight is 330 g/mol. The van der Waals surface area contributed by atoms with Crippen LogP contribution in [0.2, 0.25) is 0 Å². The molecule has 0 N–H and O–H groups in total. The molecule has 0 spiro atoms. The van der Waals surface area contributed by atoms with E-state index in [1.54, 1.807) is 6.92 Å². The van der Waals surface area contributed by atoms with Gasteiger partial charge in [0.05, 0.1) is 5.92 Å². The lowest BCUT2D eigenvalue weighted by molar-refractivity contribution is -0.147. The second kappa shape index (κ2) is 7.43. The Hall–Kier alpha value is -2.43. The maximum atomic E-state index is 12.0. The van der Waals surface area contributed by atoms with Gasteiger partial charge in [-0.2, -0.15) is 0 Å². The SMILES string of the molecule is C=C(C)C(=O)O[C@H]1C/C(C=O)=C\CC/C(C)=C/[C@H]2OC(=O)C(=C)[C@H]12. The van der Waals surface area contributed by atoms with Gasteiger partial charge < -0.3 is 9.47 Å². The Morgan fingerprint density at radius 3 is 2.79 bits per heavy atom. The molecule has 0 bridgehead atoms. The van der Waals surface area contributed by atoms with E-state index in [2.05, 4.69) is 13.2 Å². The summed E-state index contributed by atoms with van der Waals surface area (Å²) in [4.78, 5) is 35.3. The molecule has 1 aliphatic heterocycles. The molecule has 24 heavy (non-hydrogen) atoms. The van der Waals surface area contributed by atoms with Crippen molar-refractivity contribution in [2.24, 2.45) is 5.92 Å². The van der Waals surface area contributed by atoms with Crippen molar-refractivity contribution in [1.82, 2.24) is 0 Å². The molecule has 0 amide bonds. The Balaban J connectivity index is 2.43. The molecule has 0 aromatic carbocycles. The summed E-state index contributed by atoms with van der Waals surface area (Å²) in [7, 11) is 0. The molecule has 5 nitrogen and oxygen atoms in total. The molecule has 2 aliphatic rings. The number of carbonyl (C=O) groups excluding carboxylic acids is 3. The van der Waals surface area contributed by atoms with Crippen molar-refractivity contribution in [3.63, 3.8) is 0 Å². The predicted molar refractivity (Wildman–Crippen MR) is 89.0 cm³/mol. The highest BCUT2D eigenvalue weighted by Crippen LogP contribution is 2.36. The van der Waals surface area contributed by atoms with Crippen LogP contribution in [0.4, 0.5) is 0 Å². The van der Waals surface area contributed by atoms with Crippen molar-refractivity contribution >= 4 is 18.2 Å². The molecule has 128 valence electrons. The van der Waals surface area contributed by atoms with Gasteiger partial charge in [-0.05, 0) is 38.3 Å². The minimum atomic E-state index is -0.711. The maximum Gasteiger partial charge on any atom is 0.334 e. The highest BCUT2D eigenvalue weighted by Gasteiger charge is 2.44. The molecule has 0 saturated carbocycles. The summed E-state index contributed by atoms with van der Waals surface area (Å²) >= 11 is 0. The minimum absolute atomic E-state index is 0.215. The van der Waals surface area contributed by atoms with Gasteiger partial charge in [-0.1, -0.05) is 24.8 Å². The first-order chi connectivity index (χ1) is 11.3. The molecule has 2 rings (SSSR count). The molecule has 3 atom stereocenters. The molecule has 1 aliphatic carbocycles. The van der Waals surface area contributed by atoms with Crippen LogP contribution in [0, 0.1) is 5.92 Å². The Bertz CT molecular complexity index is 653. The van der Waals surface area contributed by atoms with Gasteiger partial charge in [-0.3, -0.25) is 4.79 Å². The Morgan fingerprint density at radius 1 is 1.46 bits per heavy atom. The second-order valence-electron chi connectivity index (χ2n) is 6.30. The van der Waals surface area contributed by atoms with Gasteiger partial charge in [-0.25, -0.2) is 9.59 Å². The average Bonchev–Trinajstić information content (AvgIpc) is 2.79. The topological polar surface area (TPSA) is 69.7 Å². The van der Waals surface area contributed by atoms with Crippen LogP contribution in [-0.2, 0) is 23.9 Å². The zero-order valence-electron chi connectivity index (χ0n) is 14.0. The summed E-state index contributed by atoms with van der Waals surface area (Å²) < 4.78 is 10.9. The monoisotopic (exact) mass is 330 g/mol. The van der Waals surface area contributed by atoms with Gasteiger partial charge in [0.1, 0.15) is 18.5 Å². The molecule has 1 fully saturated rings.